The van der Waals surface area contributed by atoms with Crippen LogP contribution in [0.1, 0.15) is 50.2 Å². The van der Waals surface area contributed by atoms with E-state index in [1.54, 1.807) is 0 Å². The van der Waals surface area contributed by atoms with E-state index >= 15 is 0 Å². The van der Waals surface area contributed by atoms with Crippen LogP contribution in [-0.4, -0.2) is 18.2 Å². The van der Waals surface area contributed by atoms with Gasteiger partial charge in [-0.25, -0.2) is 0 Å². The quantitative estimate of drug-likeness (QED) is 0.788. The fourth-order valence-electron chi connectivity index (χ4n) is 4.15. The molecule has 1 fully saturated rings. The predicted molar refractivity (Wildman–Crippen MR) is 88.7 cm³/mol. The molecule has 3 aliphatic rings. The van der Waals surface area contributed by atoms with E-state index in [1.165, 1.54) is 31.7 Å². The summed E-state index contributed by atoms with van der Waals surface area (Å²) in [5.74, 6) is -0.267. The molecule has 0 heterocycles. The molecule has 0 amide bonds. The van der Waals surface area contributed by atoms with Crippen LogP contribution in [0.5, 0.6) is 0 Å². The van der Waals surface area contributed by atoms with E-state index in [0.29, 0.717) is 0 Å². The van der Waals surface area contributed by atoms with Gasteiger partial charge in [-0.1, -0.05) is 49.6 Å². The van der Waals surface area contributed by atoms with Gasteiger partial charge in [0.1, 0.15) is 0 Å². The van der Waals surface area contributed by atoms with Crippen molar-refractivity contribution in [1.82, 2.24) is 0 Å². The lowest BCUT2D eigenvalue weighted by Crippen LogP contribution is -2.44. The number of fused-ring (bicyclic) bond motifs is 3. The summed E-state index contributed by atoms with van der Waals surface area (Å²) in [6.07, 6.45) is 11.9. The Morgan fingerprint density at radius 2 is 1.96 bits per heavy atom. The zero-order valence-corrected chi connectivity index (χ0v) is 13.5. The SMILES string of the molecule is CC(=O)O[C@H]1C=CC2=Cc3ccccc3[C@]21OC1CCCCC1. The van der Waals surface area contributed by atoms with Crippen LogP contribution in [0.25, 0.3) is 6.08 Å². The van der Waals surface area contributed by atoms with Crippen molar-refractivity contribution in [3.8, 4) is 0 Å². The van der Waals surface area contributed by atoms with Crippen LogP contribution in [0.3, 0.4) is 0 Å². The Morgan fingerprint density at radius 1 is 1.17 bits per heavy atom. The fraction of sp³-hybridized carbons (Fsp3) is 0.450. The maximum atomic E-state index is 11.6. The van der Waals surface area contributed by atoms with Crippen LogP contribution in [0, 0.1) is 0 Å². The van der Waals surface area contributed by atoms with E-state index in [-0.39, 0.29) is 18.2 Å². The summed E-state index contributed by atoms with van der Waals surface area (Å²) >= 11 is 0. The smallest absolute Gasteiger partial charge is 0.303 e. The number of hydrogen-bond acceptors (Lipinski definition) is 3. The van der Waals surface area contributed by atoms with Crippen molar-refractivity contribution < 1.29 is 14.3 Å². The first-order chi connectivity index (χ1) is 11.2. The molecule has 1 saturated carbocycles. The highest BCUT2D eigenvalue weighted by Crippen LogP contribution is 2.52. The van der Waals surface area contributed by atoms with Crippen molar-refractivity contribution >= 4 is 12.0 Å². The summed E-state index contributed by atoms with van der Waals surface area (Å²) in [6.45, 7) is 1.46. The molecule has 120 valence electrons. The summed E-state index contributed by atoms with van der Waals surface area (Å²) in [4.78, 5) is 11.6. The Morgan fingerprint density at radius 3 is 2.74 bits per heavy atom. The Balaban J connectivity index is 1.75. The van der Waals surface area contributed by atoms with Gasteiger partial charge in [-0.2, -0.15) is 0 Å². The summed E-state index contributed by atoms with van der Waals surface area (Å²) in [5, 5.41) is 0. The second kappa shape index (κ2) is 5.64. The van der Waals surface area contributed by atoms with E-state index < -0.39 is 5.60 Å². The maximum Gasteiger partial charge on any atom is 0.303 e. The third kappa shape index (κ3) is 2.34. The van der Waals surface area contributed by atoms with Gasteiger partial charge in [-0.15, -0.1) is 0 Å². The highest BCUT2D eigenvalue weighted by molar-refractivity contribution is 5.75. The molecule has 0 N–H and O–H groups in total. The summed E-state index contributed by atoms with van der Waals surface area (Å²) in [6, 6.07) is 8.27. The van der Waals surface area contributed by atoms with Crippen molar-refractivity contribution in [2.24, 2.45) is 0 Å². The lowest BCUT2D eigenvalue weighted by molar-refractivity contribution is -0.168. The van der Waals surface area contributed by atoms with Crippen molar-refractivity contribution in [1.29, 1.82) is 0 Å². The van der Waals surface area contributed by atoms with Gasteiger partial charge in [0.2, 0.25) is 0 Å². The third-order valence-electron chi connectivity index (χ3n) is 5.15. The molecule has 0 spiro atoms. The first-order valence-corrected chi connectivity index (χ1v) is 8.55. The second-order valence-corrected chi connectivity index (χ2v) is 6.69. The van der Waals surface area contributed by atoms with Crippen LogP contribution >= 0.6 is 0 Å². The molecule has 0 radical (unpaired) electrons. The van der Waals surface area contributed by atoms with E-state index in [9.17, 15) is 4.79 Å². The van der Waals surface area contributed by atoms with Crippen LogP contribution in [0.4, 0.5) is 0 Å². The lowest BCUT2D eigenvalue weighted by Gasteiger charge is -2.39. The minimum absolute atomic E-state index is 0.233. The molecule has 0 aliphatic heterocycles. The summed E-state index contributed by atoms with van der Waals surface area (Å²) in [7, 11) is 0. The largest absolute Gasteiger partial charge is 0.454 e. The van der Waals surface area contributed by atoms with Crippen molar-refractivity contribution in [2.45, 2.75) is 56.8 Å². The van der Waals surface area contributed by atoms with E-state index in [4.69, 9.17) is 9.47 Å². The lowest BCUT2D eigenvalue weighted by atomic mass is 9.87. The van der Waals surface area contributed by atoms with Gasteiger partial charge in [0.15, 0.2) is 11.7 Å². The Labute approximate surface area is 137 Å². The molecule has 0 saturated heterocycles. The van der Waals surface area contributed by atoms with Gasteiger partial charge in [-0.3, -0.25) is 4.79 Å². The van der Waals surface area contributed by atoms with Crippen molar-refractivity contribution in [3.63, 3.8) is 0 Å². The molecule has 1 aromatic rings. The number of benzene rings is 1. The fourth-order valence-corrected chi connectivity index (χ4v) is 4.15. The average molecular weight is 310 g/mol. The number of carbonyl (C=O) groups excluding carboxylic acids is 1. The van der Waals surface area contributed by atoms with Crippen LogP contribution in [0.15, 0.2) is 42.0 Å². The number of hydrogen-bond donors (Lipinski definition) is 0. The molecule has 4 rings (SSSR count). The molecule has 0 aromatic heterocycles. The molecular weight excluding hydrogens is 288 g/mol. The van der Waals surface area contributed by atoms with Crippen molar-refractivity contribution in [3.05, 3.63) is 53.1 Å². The number of ether oxygens (including phenoxy) is 2. The Kier molecular flexibility index (Phi) is 3.61. The zero-order chi connectivity index (χ0) is 15.9. The van der Waals surface area contributed by atoms with E-state index in [1.807, 2.05) is 18.2 Å². The molecule has 0 bridgehead atoms. The average Bonchev–Trinajstić information content (AvgIpc) is 3.03. The monoisotopic (exact) mass is 310 g/mol. The molecular formula is C20H22O3. The number of carbonyl (C=O) groups is 1. The molecule has 1 aromatic carbocycles. The minimum atomic E-state index is -0.649. The highest BCUT2D eigenvalue weighted by atomic mass is 16.6. The van der Waals surface area contributed by atoms with Gasteiger partial charge in [0, 0.05) is 6.92 Å². The second-order valence-electron chi connectivity index (χ2n) is 6.69. The van der Waals surface area contributed by atoms with Crippen LogP contribution in [-0.2, 0) is 19.9 Å². The molecule has 0 unspecified atom stereocenters. The first-order valence-electron chi connectivity index (χ1n) is 8.55. The Hall–Kier alpha value is -1.87. The van der Waals surface area contributed by atoms with Gasteiger partial charge in [0.25, 0.3) is 0 Å². The van der Waals surface area contributed by atoms with Gasteiger partial charge in [0.05, 0.1) is 6.10 Å². The van der Waals surface area contributed by atoms with Gasteiger partial charge in [-0.05, 0) is 41.7 Å². The third-order valence-corrected chi connectivity index (χ3v) is 5.15. The molecule has 23 heavy (non-hydrogen) atoms. The summed E-state index contributed by atoms with van der Waals surface area (Å²) in [5.41, 5.74) is 2.75. The normalized spacial score (nSPS) is 29.1. The first kappa shape index (κ1) is 14.7. The Bertz CT molecular complexity index is 682. The topological polar surface area (TPSA) is 35.5 Å². The maximum absolute atomic E-state index is 11.6. The van der Waals surface area contributed by atoms with Crippen LogP contribution < -0.4 is 0 Å². The highest BCUT2D eigenvalue weighted by Gasteiger charge is 2.53. The molecule has 2 atom stereocenters. The predicted octanol–water partition coefficient (Wildman–Crippen LogP) is 4.13. The number of esters is 1. The van der Waals surface area contributed by atoms with Gasteiger partial charge < -0.3 is 9.47 Å². The standard InChI is InChI=1S/C20H22O3/c1-14(21)22-19-12-11-16-13-15-7-5-6-10-18(15)20(16,19)23-17-8-3-2-4-9-17/h5-7,10-13,17,19H,2-4,8-9H2,1H3/t19-,20+/m0/s1. The van der Waals surface area contributed by atoms with Crippen LogP contribution in [0.2, 0.25) is 0 Å². The zero-order valence-electron chi connectivity index (χ0n) is 13.5. The number of rotatable bonds is 3. The van der Waals surface area contributed by atoms with E-state index in [0.717, 1.165) is 24.0 Å². The minimum Gasteiger partial charge on any atom is -0.454 e. The molecule has 3 nitrogen and oxygen atoms in total. The van der Waals surface area contributed by atoms with E-state index in [2.05, 4.69) is 24.3 Å². The summed E-state index contributed by atoms with van der Waals surface area (Å²) < 4.78 is 12.3. The molecule has 3 aliphatic carbocycles. The van der Waals surface area contributed by atoms with Crippen molar-refractivity contribution in [2.75, 3.05) is 0 Å². The van der Waals surface area contributed by atoms with Gasteiger partial charge >= 0.3 is 5.97 Å². The molecule has 3 heteroatoms.